The highest BCUT2D eigenvalue weighted by Gasteiger charge is 2.57. The van der Waals surface area contributed by atoms with Crippen LogP contribution in [0.1, 0.15) is 38.9 Å². The van der Waals surface area contributed by atoms with Gasteiger partial charge in [-0.3, -0.25) is 0 Å². The first-order valence-corrected chi connectivity index (χ1v) is 26.3. The molecule has 2 fully saturated rings. The summed E-state index contributed by atoms with van der Waals surface area (Å²) in [4.78, 5) is 0. The highest BCUT2D eigenvalue weighted by molar-refractivity contribution is 7.97. The molecule has 9 nitrogen and oxygen atoms in total. The zero-order valence-electron chi connectivity index (χ0n) is 40.1. The molecule has 0 aliphatic carbocycles. The number of ether oxygens (including phenoxy) is 8. The molecule has 0 amide bonds. The van der Waals surface area contributed by atoms with Gasteiger partial charge < -0.3 is 43.0 Å². The van der Waals surface area contributed by atoms with Crippen molar-refractivity contribution in [2.75, 3.05) is 18.1 Å². The number of aliphatic hydroxyl groups excluding tert-OH is 1. The van der Waals surface area contributed by atoms with E-state index in [9.17, 15) is 5.11 Å². The van der Waals surface area contributed by atoms with Gasteiger partial charge in [-0.05, 0) is 38.9 Å². The molecule has 1 unspecified atom stereocenters. The first-order valence-electron chi connectivity index (χ1n) is 24.7. The Labute approximate surface area is 421 Å². The Morgan fingerprint density at radius 3 is 1.24 bits per heavy atom. The van der Waals surface area contributed by atoms with E-state index in [0.29, 0.717) is 44.5 Å². The SMILES string of the molecule is O[C@H](C[S+]1C[C@@H](OCc2ccccc2)[C@H](OCc2ccccc2)[C@H]1COCc1ccccc1)[C@@H](OCc1ccccc1)[C@@H]1O[C@H](OCc2ccccc2)[C@H](OCc2ccccc2)[C@H]1OCc1ccccc1. The Kier molecular flexibility index (Phi) is 19.1. The van der Waals surface area contributed by atoms with E-state index in [1.54, 1.807) is 0 Å². The van der Waals surface area contributed by atoms with Gasteiger partial charge in [0.05, 0.1) is 52.9 Å². The van der Waals surface area contributed by atoms with Crippen LogP contribution in [-0.4, -0.2) is 77.5 Å². The molecule has 71 heavy (non-hydrogen) atoms. The van der Waals surface area contributed by atoms with Crippen molar-refractivity contribution in [3.63, 3.8) is 0 Å². The van der Waals surface area contributed by atoms with Gasteiger partial charge in [-0.2, -0.15) is 0 Å². The van der Waals surface area contributed by atoms with E-state index in [-0.39, 0.29) is 37.3 Å². The van der Waals surface area contributed by atoms with Crippen molar-refractivity contribution >= 4 is 10.9 Å². The molecule has 368 valence electrons. The molecule has 2 aliphatic heterocycles. The topological polar surface area (TPSA) is 94.1 Å². The molecule has 7 aromatic carbocycles. The van der Waals surface area contributed by atoms with Gasteiger partial charge in [0.15, 0.2) is 11.5 Å². The van der Waals surface area contributed by atoms with Crippen LogP contribution in [0.4, 0.5) is 0 Å². The molecule has 10 atom stereocenters. The highest BCUT2D eigenvalue weighted by Crippen LogP contribution is 2.37. The molecule has 0 saturated carbocycles. The summed E-state index contributed by atoms with van der Waals surface area (Å²) in [5, 5.41) is 12.9. The lowest BCUT2D eigenvalue weighted by atomic mass is 10.0. The molecule has 0 radical (unpaired) electrons. The van der Waals surface area contributed by atoms with Crippen LogP contribution in [0.3, 0.4) is 0 Å². The highest BCUT2D eigenvalue weighted by atomic mass is 32.2. The van der Waals surface area contributed by atoms with Crippen LogP contribution in [0.25, 0.3) is 0 Å². The maximum Gasteiger partial charge on any atom is 0.187 e. The summed E-state index contributed by atoms with van der Waals surface area (Å²) in [6.07, 6.45) is -5.48. The molecule has 10 heteroatoms. The molecule has 1 N–H and O–H groups in total. The largest absolute Gasteiger partial charge is 0.385 e. The Morgan fingerprint density at radius 2 is 0.789 bits per heavy atom. The summed E-state index contributed by atoms with van der Waals surface area (Å²) in [6.45, 7) is 2.83. The summed E-state index contributed by atoms with van der Waals surface area (Å²) in [5.41, 5.74) is 7.22. The predicted molar refractivity (Wildman–Crippen MR) is 278 cm³/mol. The van der Waals surface area contributed by atoms with E-state index < -0.39 is 47.7 Å². The molecule has 0 bridgehead atoms. The van der Waals surface area contributed by atoms with Gasteiger partial charge in [0.1, 0.15) is 54.2 Å². The fourth-order valence-electron chi connectivity index (χ4n) is 9.22. The van der Waals surface area contributed by atoms with Crippen molar-refractivity contribution < 1.29 is 43.0 Å². The van der Waals surface area contributed by atoms with Gasteiger partial charge in [0, 0.05) is 10.9 Å². The van der Waals surface area contributed by atoms with Gasteiger partial charge in [-0.1, -0.05) is 212 Å². The van der Waals surface area contributed by atoms with Crippen LogP contribution < -0.4 is 0 Å². The minimum absolute atomic E-state index is 0.105. The molecular weight excluding hydrogens is 909 g/mol. The van der Waals surface area contributed by atoms with Crippen LogP contribution in [-0.2, 0) is 95.0 Å². The maximum atomic E-state index is 13.1. The van der Waals surface area contributed by atoms with Crippen LogP contribution in [0.5, 0.6) is 0 Å². The monoisotopic (exact) mass is 973 g/mol. The summed E-state index contributed by atoms with van der Waals surface area (Å²) < 4.78 is 54.9. The van der Waals surface area contributed by atoms with E-state index in [1.807, 2.05) is 176 Å². The lowest BCUT2D eigenvalue weighted by molar-refractivity contribution is -0.205. The first kappa shape index (κ1) is 50.5. The van der Waals surface area contributed by atoms with E-state index >= 15 is 0 Å². The molecule has 0 aromatic heterocycles. The van der Waals surface area contributed by atoms with E-state index in [1.165, 1.54) is 0 Å². The van der Waals surface area contributed by atoms with Crippen molar-refractivity contribution in [3.8, 4) is 0 Å². The van der Waals surface area contributed by atoms with Crippen molar-refractivity contribution in [2.45, 2.75) is 101 Å². The van der Waals surface area contributed by atoms with Gasteiger partial charge >= 0.3 is 0 Å². The third-order valence-corrected chi connectivity index (χ3v) is 15.7. The Bertz CT molecular complexity index is 2530. The molecule has 2 aliphatic rings. The average molecular weight is 974 g/mol. The standard InChI is InChI=1S/C61H65O9S/c62-53(44-71-45-54(64-37-47-24-10-2-11-25-47)57(66-39-49-28-14-4-15-29-49)55(71)43-63-36-46-22-8-1-9-23-46)56(65-38-48-26-12-3-13-27-48)59-58(67-40-50-30-16-5-17-31-50)60(68-41-51-32-18-6-19-33-51)61(70-59)69-42-52-34-20-7-21-35-52/h1-35,53-62H,36-45H2/q+1/t53-,54-,55-,56-,57+,58+,59+,60-,61+,71?/m1/s1. The van der Waals surface area contributed by atoms with Crippen molar-refractivity contribution in [2.24, 2.45) is 0 Å². The lowest BCUT2D eigenvalue weighted by Crippen LogP contribution is -2.51. The van der Waals surface area contributed by atoms with Gasteiger partial charge in [0.25, 0.3) is 0 Å². The van der Waals surface area contributed by atoms with E-state index in [4.69, 9.17) is 37.9 Å². The van der Waals surface area contributed by atoms with Crippen LogP contribution >= 0.6 is 0 Å². The number of benzene rings is 7. The number of hydrogen-bond acceptors (Lipinski definition) is 9. The average Bonchev–Trinajstić information content (AvgIpc) is 3.95. The van der Waals surface area contributed by atoms with E-state index in [2.05, 4.69) is 36.4 Å². The van der Waals surface area contributed by atoms with Gasteiger partial charge in [-0.15, -0.1) is 0 Å². The fourth-order valence-corrected chi connectivity index (χ4v) is 12.1. The molecular formula is C61H65O9S+. The number of hydrogen-bond donors (Lipinski definition) is 1. The molecule has 0 spiro atoms. The second-order valence-electron chi connectivity index (χ2n) is 18.1. The summed E-state index contributed by atoms with van der Waals surface area (Å²) >= 11 is 0. The van der Waals surface area contributed by atoms with Crippen LogP contribution in [0, 0.1) is 0 Å². The summed E-state index contributed by atoms with van der Waals surface area (Å²) in [5.74, 6) is 1.05. The van der Waals surface area contributed by atoms with Crippen molar-refractivity contribution in [3.05, 3.63) is 251 Å². The maximum absolute atomic E-state index is 13.1. The number of aliphatic hydroxyl groups is 1. The minimum Gasteiger partial charge on any atom is -0.385 e. The van der Waals surface area contributed by atoms with Crippen LogP contribution in [0.2, 0.25) is 0 Å². The van der Waals surface area contributed by atoms with Crippen molar-refractivity contribution in [1.29, 1.82) is 0 Å². The second-order valence-corrected chi connectivity index (χ2v) is 20.5. The fraction of sp³-hybridized carbons (Fsp3) is 0.311. The Balaban J connectivity index is 1.04. The predicted octanol–water partition coefficient (Wildman–Crippen LogP) is 10.4. The molecule has 2 saturated heterocycles. The normalized spacial score (nSPS) is 22.8. The third-order valence-electron chi connectivity index (χ3n) is 12.9. The zero-order chi connectivity index (χ0) is 48.3. The second kappa shape index (κ2) is 26.8. The molecule has 2 heterocycles. The summed E-state index contributed by atoms with van der Waals surface area (Å²) in [6, 6.07) is 70.9. The van der Waals surface area contributed by atoms with Gasteiger partial charge in [0.2, 0.25) is 0 Å². The Morgan fingerprint density at radius 1 is 0.423 bits per heavy atom. The molecule has 9 rings (SSSR count). The molecule has 7 aromatic rings. The summed E-state index contributed by atoms with van der Waals surface area (Å²) in [7, 11) is -0.480. The van der Waals surface area contributed by atoms with E-state index in [0.717, 1.165) is 38.9 Å². The van der Waals surface area contributed by atoms with Gasteiger partial charge in [-0.25, -0.2) is 0 Å². The first-order chi connectivity index (χ1) is 35.1. The minimum atomic E-state index is -1.02. The van der Waals surface area contributed by atoms with Crippen molar-refractivity contribution in [1.82, 2.24) is 0 Å². The zero-order valence-corrected chi connectivity index (χ0v) is 40.9. The Hall–Kier alpha value is -5.47. The smallest absolute Gasteiger partial charge is 0.187 e. The number of rotatable bonds is 26. The lowest BCUT2D eigenvalue weighted by Gasteiger charge is -2.32. The van der Waals surface area contributed by atoms with Crippen LogP contribution in [0.15, 0.2) is 212 Å². The quantitative estimate of drug-likeness (QED) is 0.0533. The third kappa shape index (κ3) is 14.8.